The maximum atomic E-state index is 12.2. The lowest BCUT2D eigenvalue weighted by Crippen LogP contribution is -2.28. The second-order valence-electron chi connectivity index (χ2n) is 6.39. The summed E-state index contributed by atoms with van der Waals surface area (Å²) in [5.41, 5.74) is 1.11. The van der Waals surface area contributed by atoms with Gasteiger partial charge in [-0.05, 0) is 18.2 Å². The lowest BCUT2D eigenvalue weighted by Gasteiger charge is -2.25. The van der Waals surface area contributed by atoms with E-state index in [1.165, 1.54) is 20.5 Å². The monoisotopic (exact) mass is 419 g/mol. The van der Waals surface area contributed by atoms with Crippen LogP contribution in [0.15, 0.2) is 71.7 Å². The number of carbonyl (C=O) groups excluding carboxylic acids is 1. The van der Waals surface area contributed by atoms with Crippen molar-refractivity contribution in [2.24, 2.45) is 4.99 Å². The van der Waals surface area contributed by atoms with Crippen molar-refractivity contribution in [2.75, 3.05) is 27.9 Å². The number of nitrogens with zero attached hydrogens (tertiary/aromatic N) is 3. The molecule has 2 aromatic carbocycles. The van der Waals surface area contributed by atoms with E-state index in [0.717, 1.165) is 0 Å². The summed E-state index contributed by atoms with van der Waals surface area (Å²) < 4.78 is 21.8. The van der Waals surface area contributed by atoms with Gasteiger partial charge in [0.15, 0.2) is 0 Å². The number of methoxy groups -OCH3 is 2. The zero-order chi connectivity index (χ0) is 22.2. The number of aliphatic imine (C=N–C) groups is 1. The van der Waals surface area contributed by atoms with Crippen molar-refractivity contribution in [1.82, 2.24) is 4.90 Å². The van der Waals surface area contributed by atoms with Crippen molar-refractivity contribution < 1.29 is 23.7 Å². The number of ether oxygens (including phenoxy) is 4. The molecule has 0 N–H and O–H groups in total. The van der Waals surface area contributed by atoms with E-state index in [-0.39, 0.29) is 18.1 Å². The van der Waals surface area contributed by atoms with Gasteiger partial charge in [-0.2, -0.15) is 5.26 Å². The van der Waals surface area contributed by atoms with E-state index < -0.39 is 5.97 Å². The summed E-state index contributed by atoms with van der Waals surface area (Å²) in [4.78, 5) is 18.3. The summed E-state index contributed by atoms with van der Waals surface area (Å²) in [6, 6.07) is 16.0. The minimum atomic E-state index is -0.559. The van der Waals surface area contributed by atoms with E-state index in [1.807, 2.05) is 7.05 Å². The minimum absolute atomic E-state index is 0.206. The third kappa shape index (κ3) is 5.03. The molecule has 3 rings (SSSR count). The maximum Gasteiger partial charge on any atom is 0.341 e. The van der Waals surface area contributed by atoms with E-state index in [1.54, 1.807) is 59.5 Å². The molecule has 1 heterocycles. The van der Waals surface area contributed by atoms with Crippen molar-refractivity contribution >= 4 is 17.4 Å². The molecule has 0 radical (unpaired) electrons. The molecule has 0 atom stereocenters. The number of hydrogen-bond acceptors (Lipinski definition) is 8. The number of carbonyl (C=O) groups is 1. The Labute approximate surface area is 180 Å². The third-order valence-corrected chi connectivity index (χ3v) is 4.32. The molecule has 0 bridgehead atoms. The molecule has 0 aromatic heterocycles. The number of para-hydroxylation sites is 2. The van der Waals surface area contributed by atoms with Crippen LogP contribution >= 0.6 is 0 Å². The van der Waals surface area contributed by atoms with Crippen LogP contribution in [0.3, 0.4) is 0 Å². The van der Waals surface area contributed by atoms with Crippen LogP contribution in [0.2, 0.25) is 0 Å². The van der Waals surface area contributed by atoms with Crippen LogP contribution in [0.4, 0.5) is 0 Å². The Hall–Kier alpha value is -4.25. The standard InChI is InChI=1S/C23H21N3O5/c1-26-15-25-21(12-22(26)31-19-10-6-4-8-16(19)13-24)30-20-11-7-5-9-17(20)18(14-28-2)23(27)29-3/h4-12,14H,15H2,1-3H3/b18-14-. The van der Waals surface area contributed by atoms with Gasteiger partial charge in [-0.25, -0.2) is 9.79 Å². The molecule has 1 aliphatic rings. The fraction of sp³-hybridized carbons (Fsp3) is 0.174. The van der Waals surface area contributed by atoms with Crippen molar-refractivity contribution in [3.05, 3.63) is 77.9 Å². The highest BCUT2D eigenvalue weighted by Gasteiger charge is 2.21. The van der Waals surface area contributed by atoms with Gasteiger partial charge in [0.2, 0.25) is 11.8 Å². The SMILES string of the molecule is CO/C=C(\C(=O)OC)c1ccccc1OC1=NCN(C)C(Oc2ccccc2C#N)=C1. The van der Waals surface area contributed by atoms with Crippen molar-refractivity contribution in [2.45, 2.75) is 0 Å². The molecule has 8 nitrogen and oxygen atoms in total. The first-order valence-corrected chi connectivity index (χ1v) is 9.30. The Bertz CT molecular complexity index is 1100. The molecule has 0 aliphatic carbocycles. The lowest BCUT2D eigenvalue weighted by molar-refractivity contribution is -0.133. The molecular weight excluding hydrogens is 398 g/mol. The van der Waals surface area contributed by atoms with E-state index in [2.05, 4.69) is 11.1 Å². The summed E-state index contributed by atoms with van der Waals surface area (Å²) in [7, 11) is 4.55. The van der Waals surface area contributed by atoms with Crippen LogP contribution in [-0.2, 0) is 14.3 Å². The minimum Gasteiger partial charge on any atom is -0.503 e. The van der Waals surface area contributed by atoms with E-state index >= 15 is 0 Å². The van der Waals surface area contributed by atoms with Gasteiger partial charge < -0.3 is 23.8 Å². The summed E-state index contributed by atoms with van der Waals surface area (Å²) in [5.74, 6) is 1.02. The Morgan fingerprint density at radius 2 is 1.81 bits per heavy atom. The quantitative estimate of drug-likeness (QED) is 0.403. The molecule has 1 aliphatic heterocycles. The average molecular weight is 419 g/mol. The fourth-order valence-electron chi connectivity index (χ4n) is 2.78. The zero-order valence-corrected chi connectivity index (χ0v) is 17.4. The molecular formula is C23H21N3O5. The first kappa shape index (κ1) is 21.5. The van der Waals surface area contributed by atoms with Gasteiger partial charge in [0.1, 0.15) is 29.8 Å². The largest absolute Gasteiger partial charge is 0.503 e. The van der Waals surface area contributed by atoms with Crippen LogP contribution in [0.25, 0.3) is 5.57 Å². The predicted octanol–water partition coefficient (Wildman–Crippen LogP) is 3.32. The summed E-state index contributed by atoms with van der Waals surface area (Å²) in [6.07, 6.45) is 2.92. The van der Waals surface area contributed by atoms with Crippen LogP contribution in [0, 0.1) is 11.3 Å². The fourth-order valence-corrected chi connectivity index (χ4v) is 2.78. The van der Waals surface area contributed by atoms with E-state index in [4.69, 9.17) is 18.9 Å². The molecule has 0 saturated heterocycles. The number of hydrogen-bond donors (Lipinski definition) is 0. The second kappa shape index (κ2) is 9.98. The smallest absolute Gasteiger partial charge is 0.341 e. The molecule has 158 valence electrons. The third-order valence-electron chi connectivity index (χ3n) is 4.32. The highest BCUT2D eigenvalue weighted by atomic mass is 16.5. The first-order valence-electron chi connectivity index (χ1n) is 9.30. The summed E-state index contributed by atoms with van der Waals surface area (Å²) >= 11 is 0. The van der Waals surface area contributed by atoms with Crippen molar-refractivity contribution in [1.29, 1.82) is 5.26 Å². The van der Waals surface area contributed by atoms with Gasteiger partial charge in [0.05, 0.1) is 32.1 Å². The normalized spacial score (nSPS) is 13.5. The van der Waals surface area contributed by atoms with Gasteiger partial charge in [0.25, 0.3) is 0 Å². The number of rotatable bonds is 6. The average Bonchev–Trinajstić information content (AvgIpc) is 2.80. The topological polar surface area (TPSA) is 93.4 Å². The van der Waals surface area contributed by atoms with Gasteiger partial charge >= 0.3 is 5.97 Å². The number of esters is 1. The van der Waals surface area contributed by atoms with Crippen molar-refractivity contribution in [3.8, 4) is 17.6 Å². The molecule has 0 unspecified atom stereocenters. The highest BCUT2D eigenvalue weighted by molar-refractivity contribution is 6.17. The Balaban J connectivity index is 1.89. The first-order chi connectivity index (χ1) is 15.1. The van der Waals surface area contributed by atoms with Gasteiger partial charge in [-0.15, -0.1) is 0 Å². The molecule has 2 aromatic rings. The molecule has 0 saturated carbocycles. The number of nitriles is 1. The Morgan fingerprint density at radius 1 is 1.10 bits per heavy atom. The Kier molecular flexibility index (Phi) is 6.91. The molecule has 0 amide bonds. The Morgan fingerprint density at radius 3 is 2.52 bits per heavy atom. The van der Waals surface area contributed by atoms with Gasteiger partial charge in [-0.1, -0.05) is 30.3 Å². The summed E-state index contributed by atoms with van der Waals surface area (Å²) in [5, 5.41) is 9.29. The maximum absolute atomic E-state index is 12.2. The highest BCUT2D eigenvalue weighted by Crippen LogP contribution is 2.28. The zero-order valence-electron chi connectivity index (χ0n) is 17.4. The van der Waals surface area contributed by atoms with Crippen LogP contribution in [0.5, 0.6) is 11.5 Å². The van der Waals surface area contributed by atoms with Crippen LogP contribution in [-0.4, -0.2) is 44.7 Å². The molecule has 0 spiro atoms. The van der Waals surface area contributed by atoms with Gasteiger partial charge in [0, 0.05) is 12.6 Å². The number of benzene rings is 2. The van der Waals surface area contributed by atoms with E-state index in [0.29, 0.717) is 28.5 Å². The predicted molar refractivity (Wildman–Crippen MR) is 114 cm³/mol. The molecule has 0 fully saturated rings. The summed E-state index contributed by atoms with van der Waals surface area (Å²) in [6.45, 7) is 0.288. The van der Waals surface area contributed by atoms with Crippen molar-refractivity contribution in [3.63, 3.8) is 0 Å². The molecule has 8 heteroatoms. The second-order valence-corrected chi connectivity index (χ2v) is 6.39. The lowest BCUT2D eigenvalue weighted by atomic mass is 10.1. The van der Waals surface area contributed by atoms with Gasteiger partial charge in [-0.3, -0.25) is 0 Å². The van der Waals surface area contributed by atoms with E-state index in [9.17, 15) is 10.1 Å². The van der Waals surface area contributed by atoms with Crippen LogP contribution in [0.1, 0.15) is 11.1 Å². The van der Waals surface area contributed by atoms with Crippen LogP contribution < -0.4 is 9.47 Å². The molecule has 31 heavy (non-hydrogen) atoms.